The number of thioether (sulfide) groups is 2. The van der Waals surface area contributed by atoms with Crippen molar-refractivity contribution in [3.05, 3.63) is 24.3 Å². The third-order valence-electron chi connectivity index (χ3n) is 2.99. The Morgan fingerprint density at radius 3 is 2.65 bits per heavy atom. The predicted molar refractivity (Wildman–Crippen MR) is 80.4 cm³/mol. The van der Waals surface area contributed by atoms with E-state index in [0.29, 0.717) is 0 Å². The highest BCUT2D eigenvalue weighted by molar-refractivity contribution is 8.14. The maximum Gasteiger partial charge on any atom is 0.161 e. The lowest BCUT2D eigenvalue weighted by Crippen LogP contribution is -2.20. The van der Waals surface area contributed by atoms with Crippen LogP contribution in [0.3, 0.4) is 0 Å². The molecule has 92 valence electrons. The zero-order chi connectivity index (χ0) is 12.3. The number of nitrogens with one attached hydrogen (secondary N) is 1. The zero-order valence-corrected chi connectivity index (χ0v) is 12.1. The lowest BCUT2D eigenvalue weighted by atomic mass is 10.0. The van der Waals surface area contributed by atoms with Gasteiger partial charge in [0, 0.05) is 16.3 Å². The number of nitrogens with zero attached hydrogens (tertiary/aromatic N) is 1. The average Bonchev–Trinajstić information content (AvgIpc) is 2.73. The molecule has 0 bridgehead atoms. The van der Waals surface area contributed by atoms with Crippen LogP contribution in [0.1, 0.15) is 20.3 Å². The quantitative estimate of drug-likeness (QED) is 0.834. The number of anilines is 1. The summed E-state index contributed by atoms with van der Waals surface area (Å²) in [6.45, 7) is 4.41. The summed E-state index contributed by atoms with van der Waals surface area (Å²) >= 11 is 3.57. The van der Waals surface area contributed by atoms with Crippen LogP contribution in [0, 0.1) is 0 Å². The lowest BCUT2D eigenvalue weighted by molar-refractivity contribution is 0.523. The zero-order valence-electron chi connectivity index (χ0n) is 10.5. The molecule has 4 heteroatoms. The second kappa shape index (κ2) is 5.36. The molecule has 1 atom stereocenters. The highest BCUT2D eigenvalue weighted by atomic mass is 32.2. The molecule has 0 fully saturated rings. The molecule has 1 unspecified atom stereocenters. The van der Waals surface area contributed by atoms with Gasteiger partial charge in [-0.15, -0.1) is 11.8 Å². The van der Waals surface area contributed by atoms with Crippen molar-refractivity contribution in [2.24, 2.45) is 4.99 Å². The fourth-order valence-corrected chi connectivity index (χ4v) is 3.18. The molecular weight excluding hydrogens is 248 g/mol. The number of aliphatic imine (C=N–C) groups is 1. The fraction of sp³-hybridized carbons (Fsp3) is 0.462. The van der Waals surface area contributed by atoms with Crippen molar-refractivity contribution >= 4 is 34.4 Å². The van der Waals surface area contributed by atoms with E-state index in [1.54, 1.807) is 11.8 Å². The number of amidine groups is 1. The van der Waals surface area contributed by atoms with E-state index in [1.165, 1.54) is 4.90 Å². The van der Waals surface area contributed by atoms with Crippen LogP contribution in [0.2, 0.25) is 0 Å². The SMILES string of the molecule is CCC1(C)CSC(Nc2ccc(SC)cc2)=N1. The van der Waals surface area contributed by atoms with Crippen molar-refractivity contribution in [1.29, 1.82) is 0 Å². The summed E-state index contributed by atoms with van der Waals surface area (Å²) in [5, 5.41) is 4.43. The maximum atomic E-state index is 4.74. The van der Waals surface area contributed by atoms with Crippen molar-refractivity contribution in [3.8, 4) is 0 Å². The van der Waals surface area contributed by atoms with Crippen molar-refractivity contribution in [1.82, 2.24) is 0 Å². The Balaban J connectivity index is 2.04. The number of hydrogen-bond acceptors (Lipinski definition) is 4. The van der Waals surface area contributed by atoms with E-state index in [9.17, 15) is 0 Å². The Labute approximate surface area is 112 Å². The van der Waals surface area contributed by atoms with E-state index in [2.05, 4.69) is 49.7 Å². The van der Waals surface area contributed by atoms with E-state index in [1.807, 2.05) is 11.8 Å². The third kappa shape index (κ3) is 3.19. The van der Waals surface area contributed by atoms with Gasteiger partial charge >= 0.3 is 0 Å². The van der Waals surface area contributed by atoms with E-state index in [4.69, 9.17) is 4.99 Å². The Morgan fingerprint density at radius 2 is 2.12 bits per heavy atom. The van der Waals surface area contributed by atoms with Gasteiger partial charge in [-0.3, -0.25) is 4.99 Å². The van der Waals surface area contributed by atoms with Gasteiger partial charge in [-0.05, 0) is 43.9 Å². The Bertz CT molecular complexity index is 414. The molecule has 1 heterocycles. The molecule has 17 heavy (non-hydrogen) atoms. The smallest absolute Gasteiger partial charge is 0.161 e. The number of benzene rings is 1. The van der Waals surface area contributed by atoms with Crippen LogP contribution in [0.5, 0.6) is 0 Å². The van der Waals surface area contributed by atoms with E-state index >= 15 is 0 Å². The number of hydrogen-bond donors (Lipinski definition) is 1. The van der Waals surface area contributed by atoms with Crippen LogP contribution < -0.4 is 5.32 Å². The minimum Gasteiger partial charge on any atom is -0.335 e. The Morgan fingerprint density at radius 1 is 1.41 bits per heavy atom. The normalized spacial score (nSPS) is 23.6. The lowest BCUT2D eigenvalue weighted by Gasteiger charge is -2.15. The van der Waals surface area contributed by atoms with Gasteiger partial charge in [0.05, 0.1) is 5.54 Å². The first-order valence-electron chi connectivity index (χ1n) is 5.79. The van der Waals surface area contributed by atoms with E-state index < -0.39 is 0 Å². The molecule has 2 rings (SSSR count). The van der Waals surface area contributed by atoms with Gasteiger partial charge in [0.25, 0.3) is 0 Å². The summed E-state index contributed by atoms with van der Waals surface area (Å²) in [7, 11) is 0. The molecule has 1 aliphatic heterocycles. The first-order chi connectivity index (χ1) is 8.15. The fourth-order valence-electron chi connectivity index (χ4n) is 1.58. The summed E-state index contributed by atoms with van der Waals surface area (Å²) < 4.78 is 0. The standard InChI is InChI=1S/C13H18N2S2/c1-4-13(2)9-17-12(15-13)14-10-5-7-11(16-3)8-6-10/h5-8H,4,9H2,1-3H3,(H,14,15). The van der Waals surface area contributed by atoms with Gasteiger partial charge in [-0.1, -0.05) is 18.7 Å². The highest BCUT2D eigenvalue weighted by Crippen LogP contribution is 2.30. The number of rotatable bonds is 3. The first kappa shape index (κ1) is 12.8. The molecule has 0 radical (unpaired) electrons. The molecule has 1 aromatic rings. The summed E-state index contributed by atoms with van der Waals surface area (Å²) in [4.78, 5) is 6.03. The van der Waals surface area contributed by atoms with Gasteiger partial charge in [0.15, 0.2) is 5.17 Å². The summed E-state index contributed by atoms with van der Waals surface area (Å²) in [5.74, 6) is 1.08. The van der Waals surface area contributed by atoms with Gasteiger partial charge in [0.1, 0.15) is 0 Å². The molecule has 1 N–H and O–H groups in total. The van der Waals surface area contributed by atoms with Gasteiger partial charge in [-0.25, -0.2) is 0 Å². The van der Waals surface area contributed by atoms with Gasteiger partial charge in [0.2, 0.25) is 0 Å². The van der Waals surface area contributed by atoms with Crippen LogP contribution in [-0.4, -0.2) is 22.7 Å². The topological polar surface area (TPSA) is 24.4 Å². The van der Waals surface area contributed by atoms with Crippen LogP contribution in [0.4, 0.5) is 5.69 Å². The highest BCUT2D eigenvalue weighted by Gasteiger charge is 2.28. The monoisotopic (exact) mass is 266 g/mol. The molecule has 0 amide bonds. The molecule has 0 aromatic heterocycles. The third-order valence-corrected chi connectivity index (χ3v) is 4.97. The van der Waals surface area contributed by atoms with Crippen LogP contribution in [-0.2, 0) is 0 Å². The molecule has 1 aromatic carbocycles. The molecule has 1 aliphatic rings. The van der Waals surface area contributed by atoms with Gasteiger partial charge < -0.3 is 5.32 Å². The van der Waals surface area contributed by atoms with Crippen molar-refractivity contribution < 1.29 is 0 Å². The van der Waals surface area contributed by atoms with Gasteiger partial charge in [-0.2, -0.15) is 0 Å². The van der Waals surface area contributed by atoms with Crippen LogP contribution in [0.15, 0.2) is 34.2 Å². The molecule has 2 nitrogen and oxygen atoms in total. The summed E-state index contributed by atoms with van der Waals surface area (Å²) in [6, 6.07) is 8.48. The Hall–Kier alpha value is -0.610. The van der Waals surface area contributed by atoms with Crippen molar-refractivity contribution in [3.63, 3.8) is 0 Å². The average molecular weight is 266 g/mol. The van der Waals surface area contributed by atoms with Crippen LogP contribution >= 0.6 is 23.5 Å². The summed E-state index contributed by atoms with van der Waals surface area (Å²) in [6.07, 6.45) is 3.18. The molecule has 0 saturated carbocycles. The van der Waals surface area contributed by atoms with Crippen molar-refractivity contribution in [2.75, 3.05) is 17.3 Å². The molecule has 0 spiro atoms. The van der Waals surface area contributed by atoms with E-state index in [-0.39, 0.29) is 5.54 Å². The Kier molecular flexibility index (Phi) is 4.05. The largest absolute Gasteiger partial charge is 0.335 e. The second-order valence-electron chi connectivity index (χ2n) is 4.41. The minimum atomic E-state index is 0.117. The molecule has 0 saturated heterocycles. The molecular formula is C13H18N2S2. The maximum absolute atomic E-state index is 4.74. The second-order valence-corrected chi connectivity index (χ2v) is 6.25. The van der Waals surface area contributed by atoms with Crippen molar-refractivity contribution in [2.45, 2.75) is 30.7 Å². The molecule has 0 aliphatic carbocycles. The first-order valence-corrected chi connectivity index (χ1v) is 8.00. The minimum absolute atomic E-state index is 0.117. The van der Waals surface area contributed by atoms with E-state index in [0.717, 1.165) is 23.0 Å². The predicted octanol–water partition coefficient (Wildman–Crippen LogP) is 4.09. The van der Waals surface area contributed by atoms with Crippen LogP contribution in [0.25, 0.3) is 0 Å². The summed E-state index contributed by atoms with van der Waals surface area (Å²) in [5.41, 5.74) is 1.24.